The van der Waals surface area contributed by atoms with Gasteiger partial charge in [-0.25, -0.2) is 4.79 Å². The number of amides is 1. The van der Waals surface area contributed by atoms with Crippen LogP contribution in [-0.4, -0.2) is 35.2 Å². The highest BCUT2D eigenvalue weighted by Crippen LogP contribution is 2.24. The largest absolute Gasteiger partial charge is 0.459 e. The number of anilines is 1. The van der Waals surface area contributed by atoms with Crippen molar-refractivity contribution in [3.8, 4) is 0 Å². The Morgan fingerprint density at radius 1 is 1.67 bits per heavy atom. The molecule has 0 spiro atoms. The van der Waals surface area contributed by atoms with Gasteiger partial charge in [0.05, 0.1) is 6.61 Å². The molecule has 1 fully saturated rings. The lowest BCUT2D eigenvalue weighted by atomic mass is 10.1. The van der Waals surface area contributed by atoms with E-state index in [4.69, 9.17) is 9.15 Å². The van der Waals surface area contributed by atoms with Crippen LogP contribution in [0.1, 0.15) is 24.0 Å². The molecular weight excluding hydrogens is 238 g/mol. The van der Waals surface area contributed by atoms with Gasteiger partial charge in [-0.2, -0.15) is 0 Å². The first-order chi connectivity index (χ1) is 8.65. The topological polar surface area (TPSA) is 85.5 Å². The van der Waals surface area contributed by atoms with E-state index in [0.717, 1.165) is 0 Å². The van der Waals surface area contributed by atoms with Gasteiger partial charge < -0.3 is 9.15 Å². The molecule has 1 atom stereocenters. The Morgan fingerprint density at radius 2 is 2.44 bits per heavy atom. The minimum Gasteiger partial charge on any atom is -0.459 e. The molecule has 7 heteroatoms. The first-order valence-electron chi connectivity index (χ1n) is 5.59. The first kappa shape index (κ1) is 12.3. The summed E-state index contributed by atoms with van der Waals surface area (Å²) < 4.78 is 9.84. The molecular formula is C11H13N3O4. The zero-order chi connectivity index (χ0) is 13.1. The summed E-state index contributed by atoms with van der Waals surface area (Å²) in [6, 6.07) is 0.0207. The molecule has 1 saturated heterocycles. The third-order valence-electron chi connectivity index (χ3n) is 2.58. The van der Waals surface area contributed by atoms with E-state index in [0.29, 0.717) is 13.0 Å². The molecule has 0 saturated carbocycles. The molecule has 18 heavy (non-hydrogen) atoms. The Balaban J connectivity index is 2.13. The number of ether oxygens (including phenoxy) is 1. The van der Waals surface area contributed by atoms with E-state index < -0.39 is 5.97 Å². The second-order valence-electron chi connectivity index (χ2n) is 3.81. The molecule has 0 bridgehead atoms. The number of aromatic nitrogens is 2. The second-order valence-corrected chi connectivity index (χ2v) is 3.81. The van der Waals surface area contributed by atoms with Crippen molar-refractivity contribution in [2.24, 2.45) is 5.92 Å². The molecule has 1 unspecified atom stereocenters. The summed E-state index contributed by atoms with van der Waals surface area (Å²) in [4.78, 5) is 24.4. The predicted molar refractivity (Wildman–Crippen MR) is 60.9 cm³/mol. The monoisotopic (exact) mass is 251 g/mol. The van der Waals surface area contributed by atoms with Crippen molar-refractivity contribution in [2.75, 3.05) is 18.1 Å². The molecule has 0 aliphatic carbocycles. The van der Waals surface area contributed by atoms with Gasteiger partial charge in [0.1, 0.15) is 0 Å². The number of carbonyl (C=O) groups excluding carboxylic acids is 2. The van der Waals surface area contributed by atoms with Crippen molar-refractivity contribution in [3.05, 3.63) is 18.5 Å². The smallest absolute Gasteiger partial charge is 0.396 e. The molecule has 1 amide bonds. The Kier molecular flexibility index (Phi) is 3.40. The highest BCUT2D eigenvalue weighted by molar-refractivity contribution is 5.94. The number of rotatable bonds is 4. The third kappa shape index (κ3) is 2.24. The van der Waals surface area contributed by atoms with E-state index in [-0.39, 0.29) is 30.3 Å². The summed E-state index contributed by atoms with van der Waals surface area (Å²) in [6.45, 7) is 5.98. The van der Waals surface area contributed by atoms with Crippen molar-refractivity contribution in [3.63, 3.8) is 0 Å². The molecule has 0 radical (unpaired) electrons. The number of hydrogen-bond acceptors (Lipinski definition) is 6. The highest BCUT2D eigenvalue weighted by Gasteiger charge is 2.32. The maximum absolute atomic E-state index is 11.7. The molecule has 1 aliphatic heterocycles. The molecule has 7 nitrogen and oxygen atoms in total. The highest BCUT2D eigenvalue weighted by atomic mass is 16.5. The summed E-state index contributed by atoms with van der Waals surface area (Å²) >= 11 is 0. The van der Waals surface area contributed by atoms with Crippen LogP contribution < -0.4 is 4.90 Å². The van der Waals surface area contributed by atoms with Crippen LogP contribution in [0, 0.1) is 5.92 Å². The zero-order valence-electron chi connectivity index (χ0n) is 9.96. The van der Waals surface area contributed by atoms with E-state index >= 15 is 0 Å². The quantitative estimate of drug-likeness (QED) is 0.580. The Hall–Kier alpha value is -2.18. The second kappa shape index (κ2) is 4.99. The average molecular weight is 251 g/mol. The summed E-state index contributed by atoms with van der Waals surface area (Å²) in [5.41, 5.74) is 0. The average Bonchev–Trinajstić information content (AvgIpc) is 2.95. The fraction of sp³-hybridized carbons (Fsp3) is 0.455. The van der Waals surface area contributed by atoms with Crippen LogP contribution in [0.25, 0.3) is 0 Å². The van der Waals surface area contributed by atoms with Crippen LogP contribution in [0.15, 0.2) is 17.1 Å². The van der Waals surface area contributed by atoms with Gasteiger partial charge in [0, 0.05) is 18.9 Å². The molecule has 1 aliphatic rings. The van der Waals surface area contributed by atoms with Gasteiger partial charge in [0.2, 0.25) is 5.91 Å². The minimum atomic E-state index is -0.692. The normalized spacial score (nSPS) is 19.1. The molecule has 0 N–H and O–H groups in total. The lowest BCUT2D eigenvalue weighted by molar-refractivity contribution is -0.117. The lowest BCUT2D eigenvalue weighted by Gasteiger charge is -2.08. The van der Waals surface area contributed by atoms with Gasteiger partial charge in [-0.3, -0.25) is 9.69 Å². The SMILES string of the molecule is C=CC1CC(=O)N(c2nnc(C(=O)OCC)o2)C1. The van der Waals surface area contributed by atoms with Gasteiger partial charge in [0.15, 0.2) is 0 Å². The third-order valence-corrected chi connectivity index (χ3v) is 2.58. The van der Waals surface area contributed by atoms with E-state index in [2.05, 4.69) is 16.8 Å². The van der Waals surface area contributed by atoms with Crippen LogP contribution in [0.5, 0.6) is 0 Å². The summed E-state index contributed by atoms with van der Waals surface area (Å²) in [7, 11) is 0. The van der Waals surface area contributed by atoms with E-state index in [9.17, 15) is 9.59 Å². The Bertz CT molecular complexity index is 482. The van der Waals surface area contributed by atoms with Crippen molar-refractivity contribution in [2.45, 2.75) is 13.3 Å². The zero-order valence-corrected chi connectivity index (χ0v) is 9.96. The molecule has 96 valence electrons. The van der Waals surface area contributed by atoms with Crippen LogP contribution in [0.4, 0.5) is 6.01 Å². The Morgan fingerprint density at radius 3 is 3.06 bits per heavy atom. The summed E-state index contributed by atoms with van der Waals surface area (Å²) in [5.74, 6) is -1.00. The van der Waals surface area contributed by atoms with Gasteiger partial charge in [-0.15, -0.1) is 6.58 Å². The first-order valence-corrected chi connectivity index (χ1v) is 5.59. The Labute approximate surface area is 103 Å². The van der Waals surface area contributed by atoms with Gasteiger partial charge in [-0.1, -0.05) is 16.3 Å². The van der Waals surface area contributed by atoms with Crippen molar-refractivity contribution >= 4 is 17.9 Å². The number of esters is 1. The van der Waals surface area contributed by atoms with Crippen LogP contribution in [-0.2, 0) is 9.53 Å². The van der Waals surface area contributed by atoms with Gasteiger partial charge >= 0.3 is 17.9 Å². The molecule has 0 aromatic carbocycles. The lowest BCUT2D eigenvalue weighted by Crippen LogP contribution is -2.24. The van der Waals surface area contributed by atoms with E-state index in [1.54, 1.807) is 13.0 Å². The standard InChI is InChI=1S/C11H13N3O4/c1-3-7-5-8(15)14(6-7)11-13-12-9(18-11)10(16)17-4-2/h3,7H,1,4-6H2,2H3. The molecule has 1 aromatic heterocycles. The fourth-order valence-corrected chi connectivity index (χ4v) is 1.68. The number of carbonyl (C=O) groups is 2. The number of hydrogen-bond donors (Lipinski definition) is 0. The fourth-order valence-electron chi connectivity index (χ4n) is 1.68. The van der Waals surface area contributed by atoms with Crippen molar-refractivity contribution < 1.29 is 18.7 Å². The van der Waals surface area contributed by atoms with Gasteiger partial charge in [0.25, 0.3) is 0 Å². The molecule has 1 aromatic rings. The van der Waals surface area contributed by atoms with Crippen molar-refractivity contribution in [1.29, 1.82) is 0 Å². The summed E-state index contributed by atoms with van der Waals surface area (Å²) in [6.07, 6.45) is 2.07. The maximum atomic E-state index is 11.7. The van der Waals surface area contributed by atoms with Crippen LogP contribution in [0.2, 0.25) is 0 Å². The van der Waals surface area contributed by atoms with Crippen molar-refractivity contribution in [1.82, 2.24) is 10.2 Å². The molecule has 2 rings (SSSR count). The van der Waals surface area contributed by atoms with E-state index in [1.807, 2.05) is 0 Å². The van der Waals surface area contributed by atoms with Gasteiger partial charge in [-0.05, 0) is 6.92 Å². The van der Waals surface area contributed by atoms with E-state index in [1.165, 1.54) is 4.90 Å². The predicted octanol–water partition coefficient (Wildman–Crippen LogP) is 0.785. The number of nitrogens with zero attached hydrogens (tertiary/aromatic N) is 3. The van der Waals surface area contributed by atoms with Crippen LogP contribution >= 0.6 is 0 Å². The molecule has 2 heterocycles. The minimum absolute atomic E-state index is 0.0207. The maximum Gasteiger partial charge on any atom is 0.396 e. The van der Waals surface area contributed by atoms with Crippen LogP contribution in [0.3, 0.4) is 0 Å². The summed E-state index contributed by atoms with van der Waals surface area (Å²) in [5, 5.41) is 7.23.